The van der Waals surface area contributed by atoms with Crippen molar-refractivity contribution in [3.8, 4) is 11.1 Å². The van der Waals surface area contributed by atoms with E-state index in [1.54, 1.807) is 0 Å². The highest BCUT2D eigenvalue weighted by molar-refractivity contribution is 7.19. The Morgan fingerprint density at radius 1 is 1.29 bits per heavy atom. The number of benzene rings is 1. The van der Waals surface area contributed by atoms with E-state index < -0.39 is 0 Å². The van der Waals surface area contributed by atoms with Crippen molar-refractivity contribution in [2.45, 2.75) is 26.8 Å². The fourth-order valence-corrected chi connectivity index (χ4v) is 3.76. The van der Waals surface area contributed by atoms with Crippen LogP contribution in [-0.2, 0) is 11.3 Å². The quantitative estimate of drug-likeness (QED) is 0.776. The van der Waals surface area contributed by atoms with Gasteiger partial charge < -0.3 is 5.32 Å². The summed E-state index contributed by atoms with van der Waals surface area (Å²) in [5, 5.41) is 3.38. The summed E-state index contributed by atoms with van der Waals surface area (Å²) in [7, 11) is 0. The zero-order valence-corrected chi connectivity index (χ0v) is 14.5. The maximum atomic E-state index is 12.9. The summed E-state index contributed by atoms with van der Waals surface area (Å²) in [5.74, 6) is -0.0609. The third-order valence-corrected chi connectivity index (χ3v) is 4.88. The second-order valence-corrected chi connectivity index (χ2v) is 6.73. The highest BCUT2D eigenvalue weighted by Gasteiger charge is 2.16. The van der Waals surface area contributed by atoms with Crippen molar-refractivity contribution in [1.29, 1.82) is 0 Å². The Labute approximate surface area is 144 Å². The molecule has 0 saturated heterocycles. The van der Waals surface area contributed by atoms with Gasteiger partial charge in [-0.2, -0.15) is 0 Å². The second-order valence-electron chi connectivity index (χ2n) is 5.53. The molecule has 124 valence electrons. The van der Waals surface area contributed by atoms with Crippen LogP contribution in [0.2, 0.25) is 0 Å². The van der Waals surface area contributed by atoms with Crippen molar-refractivity contribution in [2.24, 2.45) is 0 Å². The van der Waals surface area contributed by atoms with Crippen molar-refractivity contribution in [3.63, 3.8) is 0 Å². The van der Waals surface area contributed by atoms with Crippen LogP contribution in [-0.4, -0.2) is 22.0 Å². The van der Waals surface area contributed by atoms with Crippen molar-refractivity contribution in [1.82, 2.24) is 14.9 Å². The second kappa shape index (κ2) is 6.97. The summed E-state index contributed by atoms with van der Waals surface area (Å²) in [4.78, 5) is 30.8. The molecule has 0 aliphatic heterocycles. The molecule has 0 atom stereocenters. The number of nitrogens with one attached hydrogen (secondary N) is 1. The van der Waals surface area contributed by atoms with E-state index in [9.17, 15) is 9.59 Å². The Kier molecular flexibility index (Phi) is 4.76. The van der Waals surface area contributed by atoms with Gasteiger partial charge in [-0.3, -0.25) is 14.2 Å². The molecule has 0 spiro atoms. The molecule has 0 aliphatic rings. The molecule has 1 N–H and O–H groups in total. The molecule has 6 heteroatoms. The van der Waals surface area contributed by atoms with Gasteiger partial charge in [-0.05, 0) is 19.4 Å². The average molecular weight is 341 g/mol. The van der Waals surface area contributed by atoms with E-state index in [1.165, 1.54) is 22.2 Å². The van der Waals surface area contributed by atoms with Crippen LogP contribution in [0.15, 0.2) is 41.5 Å². The van der Waals surface area contributed by atoms with Crippen LogP contribution >= 0.6 is 11.3 Å². The number of aryl methyl sites for hydroxylation is 2. The maximum Gasteiger partial charge on any atom is 0.262 e. The predicted molar refractivity (Wildman–Crippen MR) is 97.4 cm³/mol. The van der Waals surface area contributed by atoms with Crippen molar-refractivity contribution >= 4 is 27.5 Å². The molecule has 1 amide bonds. The van der Waals surface area contributed by atoms with Gasteiger partial charge in [0.25, 0.3) is 5.56 Å². The average Bonchev–Trinajstić information content (AvgIpc) is 2.92. The van der Waals surface area contributed by atoms with E-state index in [4.69, 9.17) is 0 Å². The number of thiophene rings is 1. The maximum absolute atomic E-state index is 12.9. The molecule has 2 heterocycles. The first-order valence-corrected chi connectivity index (χ1v) is 8.74. The lowest BCUT2D eigenvalue weighted by atomic mass is 10.0. The van der Waals surface area contributed by atoms with Crippen molar-refractivity contribution in [2.75, 3.05) is 6.54 Å². The molecular weight excluding hydrogens is 322 g/mol. The van der Waals surface area contributed by atoms with Crippen LogP contribution < -0.4 is 10.9 Å². The molecule has 3 aromatic rings. The van der Waals surface area contributed by atoms with Gasteiger partial charge >= 0.3 is 0 Å². The van der Waals surface area contributed by atoms with Gasteiger partial charge in [-0.15, -0.1) is 11.3 Å². The fourth-order valence-electron chi connectivity index (χ4n) is 2.76. The first-order chi connectivity index (χ1) is 11.6. The third kappa shape index (κ3) is 3.10. The molecule has 24 heavy (non-hydrogen) atoms. The van der Waals surface area contributed by atoms with E-state index in [0.29, 0.717) is 18.5 Å². The summed E-state index contributed by atoms with van der Waals surface area (Å²) in [6.07, 6.45) is 1.80. The highest BCUT2D eigenvalue weighted by atomic mass is 32.1. The predicted octanol–water partition coefficient (Wildman–Crippen LogP) is 2.96. The lowest BCUT2D eigenvalue weighted by Crippen LogP contribution is -2.27. The first-order valence-electron chi connectivity index (χ1n) is 7.92. The summed E-state index contributed by atoms with van der Waals surface area (Å²) in [6.45, 7) is 4.80. The topological polar surface area (TPSA) is 64.0 Å². The molecule has 1 aromatic carbocycles. The van der Waals surface area contributed by atoms with Crippen LogP contribution in [0.4, 0.5) is 0 Å². The van der Waals surface area contributed by atoms with Crippen LogP contribution in [0, 0.1) is 6.92 Å². The number of rotatable bonds is 5. The number of amides is 1. The minimum Gasteiger partial charge on any atom is -0.356 e. The molecule has 0 unspecified atom stereocenters. The van der Waals surface area contributed by atoms with E-state index >= 15 is 0 Å². The summed E-state index contributed by atoms with van der Waals surface area (Å²) in [6, 6.07) is 9.88. The number of carbonyl (C=O) groups excluding carboxylic acids is 1. The summed E-state index contributed by atoms with van der Waals surface area (Å²) in [5.41, 5.74) is 1.87. The Morgan fingerprint density at radius 2 is 2.04 bits per heavy atom. The number of carbonyl (C=O) groups is 1. The summed E-state index contributed by atoms with van der Waals surface area (Å²) >= 11 is 1.53. The lowest BCUT2D eigenvalue weighted by molar-refractivity contribution is -0.121. The standard InChI is InChI=1S/C18H19N3O2S/c1-3-19-14(22)9-10-21-11-20-17-16(18(21)23)15(12(2)24-17)13-7-5-4-6-8-13/h4-8,11H,3,9-10H2,1-2H3,(H,19,22). The van der Waals surface area contributed by atoms with Gasteiger partial charge in [-0.1, -0.05) is 30.3 Å². The summed E-state index contributed by atoms with van der Waals surface area (Å²) < 4.78 is 1.52. The largest absolute Gasteiger partial charge is 0.356 e. The number of hydrogen-bond acceptors (Lipinski definition) is 4. The Bertz CT molecular complexity index is 929. The molecule has 0 saturated carbocycles. The van der Waals surface area contributed by atoms with Gasteiger partial charge in [0, 0.05) is 30.0 Å². The van der Waals surface area contributed by atoms with Gasteiger partial charge in [0.2, 0.25) is 5.91 Å². The van der Waals surface area contributed by atoms with E-state index in [2.05, 4.69) is 10.3 Å². The molecule has 3 rings (SSSR count). The van der Waals surface area contributed by atoms with Gasteiger partial charge in [0.15, 0.2) is 0 Å². The number of nitrogens with zero attached hydrogens (tertiary/aromatic N) is 2. The van der Waals surface area contributed by atoms with Crippen LogP contribution in [0.5, 0.6) is 0 Å². The minimum atomic E-state index is -0.0903. The van der Waals surface area contributed by atoms with Gasteiger partial charge in [-0.25, -0.2) is 4.98 Å². The third-order valence-electron chi connectivity index (χ3n) is 3.87. The smallest absolute Gasteiger partial charge is 0.262 e. The van der Waals surface area contributed by atoms with E-state index in [0.717, 1.165) is 20.8 Å². The SMILES string of the molecule is CCNC(=O)CCn1cnc2sc(C)c(-c3ccccc3)c2c1=O. The number of hydrogen-bond donors (Lipinski definition) is 1. The van der Waals surface area contributed by atoms with E-state index in [1.807, 2.05) is 44.2 Å². The molecule has 5 nitrogen and oxygen atoms in total. The van der Waals surface area contributed by atoms with Crippen LogP contribution in [0.25, 0.3) is 21.3 Å². The molecular formula is C18H19N3O2S. The Balaban J connectivity index is 2.05. The zero-order valence-electron chi connectivity index (χ0n) is 13.7. The van der Waals surface area contributed by atoms with E-state index in [-0.39, 0.29) is 17.9 Å². The molecule has 0 bridgehead atoms. The zero-order chi connectivity index (χ0) is 17.1. The number of fused-ring (bicyclic) bond motifs is 1. The van der Waals surface area contributed by atoms with Crippen LogP contribution in [0.3, 0.4) is 0 Å². The van der Waals surface area contributed by atoms with Crippen molar-refractivity contribution < 1.29 is 4.79 Å². The van der Waals surface area contributed by atoms with Crippen molar-refractivity contribution in [3.05, 3.63) is 51.9 Å². The fraction of sp³-hybridized carbons (Fsp3) is 0.278. The Hall–Kier alpha value is -2.47. The molecule has 2 aromatic heterocycles. The monoisotopic (exact) mass is 341 g/mol. The first kappa shape index (κ1) is 16.4. The highest BCUT2D eigenvalue weighted by Crippen LogP contribution is 2.35. The molecule has 0 fully saturated rings. The minimum absolute atomic E-state index is 0.0609. The molecule has 0 radical (unpaired) electrons. The van der Waals surface area contributed by atoms with Gasteiger partial charge in [0.1, 0.15) is 4.83 Å². The lowest BCUT2D eigenvalue weighted by Gasteiger charge is -2.06. The Morgan fingerprint density at radius 3 is 2.75 bits per heavy atom. The van der Waals surface area contributed by atoms with Crippen LogP contribution in [0.1, 0.15) is 18.2 Å². The number of aromatic nitrogens is 2. The van der Waals surface area contributed by atoms with Gasteiger partial charge in [0.05, 0.1) is 11.7 Å². The molecule has 0 aliphatic carbocycles. The normalized spacial score (nSPS) is 10.9.